The SMILES string of the molecule is COC(=O)c1ccc(CNC(=O)c2cc(C)nc3onc(C)c23)cc1. The van der Waals surface area contributed by atoms with Crippen LogP contribution in [0.3, 0.4) is 0 Å². The first kappa shape index (κ1) is 16.6. The largest absolute Gasteiger partial charge is 0.465 e. The monoisotopic (exact) mass is 339 g/mol. The highest BCUT2D eigenvalue weighted by Crippen LogP contribution is 2.21. The molecule has 0 saturated heterocycles. The number of carbonyl (C=O) groups excluding carboxylic acids is 2. The van der Waals surface area contributed by atoms with E-state index in [1.54, 1.807) is 44.2 Å². The molecule has 128 valence electrons. The number of aromatic nitrogens is 2. The summed E-state index contributed by atoms with van der Waals surface area (Å²) < 4.78 is 9.80. The molecule has 1 amide bonds. The van der Waals surface area contributed by atoms with Gasteiger partial charge >= 0.3 is 5.97 Å². The molecule has 0 aliphatic heterocycles. The third-order valence-corrected chi connectivity index (χ3v) is 3.82. The number of fused-ring (bicyclic) bond motifs is 1. The second-order valence-corrected chi connectivity index (χ2v) is 5.63. The fraction of sp³-hybridized carbons (Fsp3) is 0.222. The Morgan fingerprint density at radius 2 is 1.92 bits per heavy atom. The summed E-state index contributed by atoms with van der Waals surface area (Å²) in [4.78, 5) is 28.2. The Labute approximate surface area is 144 Å². The molecular formula is C18H17N3O4. The molecule has 0 bridgehead atoms. The van der Waals surface area contributed by atoms with Gasteiger partial charge in [-0.15, -0.1) is 0 Å². The maximum atomic E-state index is 12.6. The summed E-state index contributed by atoms with van der Waals surface area (Å²) in [5.74, 6) is -0.632. The highest BCUT2D eigenvalue weighted by atomic mass is 16.5. The van der Waals surface area contributed by atoms with Crippen LogP contribution in [0.4, 0.5) is 0 Å². The van der Waals surface area contributed by atoms with Crippen LogP contribution in [0, 0.1) is 13.8 Å². The lowest BCUT2D eigenvalue weighted by molar-refractivity contribution is 0.0600. The first-order valence-electron chi connectivity index (χ1n) is 7.68. The van der Waals surface area contributed by atoms with E-state index < -0.39 is 5.97 Å². The summed E-state index contributed by atoms with van der Waals surface area (Å²) >= 11 is 0. The van der Waals surface area contributed by atoms with Crippen molar-refractivity contribution < 1.29 is 18.8 Å². The van der Waals surface area contributed by atoms with E-state index >= 15 is 0 Å². The van der Waals surface area contributed by atoms with Gasteiger partial charge in [0.15, 0.2) is 0 Å². The predicted octanol–water partition coefficient (Wildman–Crippen LogP) is 2.56. The van der Waals surface area contributed by atoms with Gasteiger partial charge in [0.05, 0.1) is 29.3 Å². The summed E-state index contributed by atoms with van der Waals surface area (Å²) in [6.07, 6.45) is 0. The minimum absolute atomic E-state index is 0.237. The molecule has 7 nitrogen and oxygen atoms in total. The molecule has 0 aliphatic rings. The zero-order valence-corrected chi connectivity index (χ0v) is 14.1. The first-order chi connectivity index (χ1) is 12.0. The topological polar surface area (TPSA) is 94.3 Å². The van der Waals surface area contributed by atoms with Gasteiger partial charge in [-0.05, 0) is 37.6 Å². The number of ether oxygens (including phenoxy) is 1. The molecule has 1 N–H and O–H groups in total. The van der Waals surface area contributed by atoms with Gasteiger partial charge < -0.3 is 14.6 Å². The number of nitrogens with zero attached hydrogens (tertiary/aromatic N) is 2. The lowest BCUT2D eigenvalue weighted by Crippen LogP contribution is -2.23. The Balaban J connectivity index is 1.77. The number of methoxy groups -OCH3 is 1. The van der Waals surface area contributed by atoms with E-state index in [1.807, 2.05) is 0 Å². The number of nitrogens with one attached hydrogen (secondary N) is 1. The molecule has 0 saturated carbocycles. The fourth-order valence-corrected chi connectivity index (χ4v) is 2.55. The van der Waals surface area contributed by atoms with Gasteiger partial charge in [0.1, 0.15) is 0 Å². The van der Waals surface area contributed by atoms with Crippen molar-refractivity contribution in [3.63, 3.8) is 0 Å². The van der Waals surface area contributed by atoms with Gasteiger partial charge in [0, 0.05) is 12.2 Å². The Hall–Kier alpha value is -3.22. The van der Waals surface area contributed by atoms with Crippen LogP contribution in [0.2, 0.25) is 0 Å². The van der Waals surface area contributed by atoms with Crippen molar-refractivity contribution in [3.05, 3.63) is 58.4 Å². The summed E-state index contributed by atoms with van der Waals surface area (Å²) in [5.41, 5.74) is 3.46. The fourth-order valence-electron chi connectivity index (χ4n) is 2.55. The number of carbonyl (C=O) groups is 2. The quantitative estimate of drug-likeness (QED) is 0.734. The predicted molar refractivity (Wildman–Crippen MR) is 90.2 cm³/mol. The normalized spacial score (nSPS) is 10.7. The number of amides is 1. The lowest BCUT2D eigenvalue weighted by Gasteiger charge is -2.08. The molecule has 0 atom stereocenters. The number of rotatable bonds is 4. The summed E-state index contributed by atoms with van der Waals surface area (Å²) in [7, 11) is 1.33. The van der Waals surface area contributed by atoms with E-state index in [0.29, 0.717) is 40.2 Å². The third-order valence-electron chi connectivity index (χ3n) is 3.82. The molecule has 0 radical (unpaired) electrons. The molecule has 3 aromatic rings. The molecular weight excluding hydrogens is 322 g/mol. The highest BCUT2D eigenvalue weighted by molar-refractivity contribution is 6.06. The molecule has 2 heterocycles. The average molecular weight is 339 g/mol. The Morgan fingerprint density at radius 3 is 2.60 bits per heavy atom. The molecule has 0 spiro atoms. The summed E-state index contributed by atoms with van der Waals surface area (Å²) in [6, 6.07) is 8.57. The summed E-state index contributed by atoms with van der Waals surface area (Å²) in [6.45, 7) is 3.89. The van der Waals surface area contributed by atoms with Crippen molar-refractivity contribution in [2.75, 3.05) is 7.11 Å². The first-order valence-corrected chi connectivity index (χ1v) is 7.68. The van der Waals surface area contributed by atoms with Crippen LogP contribution in [0.5, 0.6) is 0 Å². The van der Waals surface area contributed by atoms with Crippen molar-refractivity contribution in [3.8, 4) is 0 Å². The molecule has 0 fully saturated rings. The van der Waals surface area contributed by atoms with Gasteiger partial charge in [0.25, 0.3) is 11.6 Å². The molecule has 7 heteroatoms. The van der Waals surface area contributed by atoms with Gasteiger partial charge in [-0.3, -0.25) is 4.79 Å². The van der Waals surface area contributed by atoms with E-state index in [0.717, 1.165) is 5.56 Å². The Bertz CT molecular complexity index is 945. The molecule has 2 aromatic heterocycles. The highest BCUT2D eigenvalue weighted by Gasteiger charge is 2.17. The van der Waals surface area contributed by atoms with E-state index in [1.165, 1.54) is 7.11 Å². The van der Waals surface area contributed by atoms with Crippen LogP contribution in [-0.4, -0.2) is 29.1 Å². The second kappa shape index (κ2) is 6.72. The smallest absolute Gasteiger partial charge is 0.337 e. The maximum absolute atomic E-state index is 12.6. The van der Waals surface area contributed by atoms with Crippen molar-refractivity contribution in [1.82, 2.24) is 15.5 Å². The number of aryl methyl sites for hydroxylation is 2. The molecule has 1 aromatic carbocycles. The lowest BCUT2D eigenvalue weighted by atomic mass is 10.1. The van der Waals surface area contributed by atoms with Crippen molar-refractivity contribution >= 4 is 23.0 Å². The van der Waals surface area contributed by atoms with Crippen molar-refractivity contribution in [1.29, 1.82) is 0 Å². The molecule has 0 aliphatic carbocycles. The Kier molecular flexibility index (Phi) is 4.47. The minimum atomic E-state index is -0.395. The van der Waals surface area contributed by atoms with Crippen LogP contribution < -0.4 is 5.32 Å². The number of hydrogen-bond acceptors (Lipinski definition) is 6. The second-order valence-electron chi connectivity index (χ2n) is 5.63. The van der Waals surface area contributed by atoms with Gasteiger partial charge in [-0.25, -0.2) is 9.78 Å². The number of benzene rings is 1. The molecule has 25 heavy (non-hydrogen) atoms. The van der Waals surface area contributed by atoms with E-state index in [-0.39, 0.29) is 5.91 Å². The number of pyridine rings is 1. The van der Waals surface area contributed by atoms with Crippen molar-refractivity contribution in [2.24, 2.45) is 0 Å². The summed E-state index contributed by atoms with van der Waals surface area (Å²) in [5, 5.41) is 7.35. The van der Waals surface area contributed by atoms with Crippen LogP contribution in [0.25, 0.3) is 11.1 Å². The van der Waals surface area contributed by atoms with Crippen LogP contribution in [0.1, 0.15) is 37.7 Å². The van der Waals surface area contributed by atoms with Gasteiger partial charge in [0.2, 0.25) is 0 Å². The van der Waals surface area contributed by atoms with E-state index in [9.17, 15) is 9.59 Å². The van der Waals surface area contributed by atoms with Crippen molar-refractivity contribution in [2.45, 2.75) is 20.4 Å². The third kappa shape index (κ3) is 3.35. The average Bonchev–Trinajstić information content (AvgIpc) is 2.99. The van der Waals surface area contributed by atoms with Crippen LogP contribution in [0.15, 0.2) is 34.9 Å². The Morgan fingerprint density at radius 1 is 1.20 bits per heavy atom. The number of hydrogen-bond donors (Lipinski definition) is 1. The van der Waals surface area contributed by atoms with Crippen LogP contribution in [-0.2, 0) is 11.3 Å². The number of esters is 1. The van der Waals surface area contributed by atoms with Gasteiger partial charge in [-0.1, -0.05) is 17.3 Å². The van der Waals surface area contributed by atoms with E-state index in [4.69, 9.17) is 4.52 Å². The standard InChI is InChI=1S/C18H17N3O4/c1-10-8-14(15-11(2)21-25-17(15)20-10)16(22)19-9-12-4-6-13(7-5-12)18(23)24-3/h4-8H,9H2,1-3H3,(H,19,22). The van der Waals surface area contributed by atoms with E-state index in [2.05, 4.69) is 20.2 Å². The minimum Gasteiger partial charge on any atom is -0.465 e. The zero-order chi connectivity index (χ0) is 18.0. The van der Waals surface area contributed by atoms with Gasteiger partial charge in [-0.2, -0.15) is 0 Å². The van der Waals surface area contributed by atoms with Crippen LogP contribution >= 0.6 is 0 Å². The maximum Gasteiger partial charge on any atom is 0.337 e. The molecule has 0 unspecified atom stereocenters. The zero-order valence-electron chi connectivity index (χ0n) is 14.1. The molecule has 3 rings (SSSR count).